The minimum absolute atomic E-state index is 0.110. The lowest BCUT2D eigenvalue weighted by molar-refractivity contribution is -0.117. The maximum atomic E-state index is 13.8. The van der Waals surface area contributed by atoms with Gasteiger partial charge in [0.25, 0.3) is 0 Å². The predicted molar refractivity (Wildman–Crippen MR) is 167 cm³/mol. The molecule has 1 aliphatic rings. The molecule has 6 heteroatoms. The van der Waals surface area contributed by atoms with Gasteiger partial charge in [0.15, 0.2) is 11.5 Å². The van der Waals surface area contributed by atoms with Crippen molar-refractivity contribution in [2.24, 2.45) is 0 Å². The number of rotatable bonds is 8. The number of ether oxygens (including phenoxy) is 2. The summed E-state index contributed by atoms with van der Waals surface area (Å²) >= 11 is 6.13. The average molecular weight is 574 g/mol. The van der Waals surface area contributed by atoms with Gasteiger partial charge in [-0.15, -0.1) is 0 Å². The van der Waals surface area contributed by atoms with E-state index in [0.717, 1.165) is 56.7 Å². The molecule has 0 aromatic heterocycles. The summed E-state index contributed by atoms with van der Waals surface area (Å²) in [6, 6.07) is 34.9. The Hall–Kier alpha value is -4.87. The Kier molecular flexibility index (Phi) is 7.76. The molecule has 1 atom stereocenters. The largest absolute Gasteiger partial charge is 0.454 e. The van der Waals surface area contributed by atoms with Crippen LogP contribution in [0.1, 0.15) is 33.0 Å². The second-order valence-electron chi connectivity index (χ2n) is 10.3. The third kappa shape index (κ3) is 5.92. The van der Waals surface area contributed by atoms with Crippen LogP contribution in [0.25, 0.3) is 22.3 Å². The molecule has 1 heterocycles. The molecule has 1 unspecified atom stereocenters. The number of aldehydes is 1. The van der Waals surface area contributed by atoms with Crippen LogP contribution in [0, 0.1) is 6.92 Å². The molecule has 42 heavy (non-hydrogen) atoms. The molecule has 1 aliphatic heterocycles. The Morgan fingerprint density at radius 3 is 2.21 bits per heavy atom. The standard InChI is InChI=1S/C36H28ClNO4/c1-23-18-30(37)13-16-32(23)27-10-14-31(15-11-27)38-36(40)33(19-24-2-4-25(21-39)5-3-24)28-8-6-26(7-9-28)29-12-17-34-35(20-29)42-22-41-34/h2-18,20-21,33H,19,22H2,1H3,(H,38,40). The SMILES string of the molecule is Cc1cc(Cl)ccc1-c1ccc(NC(=O)C(Cc2ccc(C=O)cc2)c2ccc(-c3ccc4c(c3)OCO4)cc2)cc1. The Balaban J connectivity index is 1.25. The maximum Gasteiger partial charge on any atom is 0.232 e. The molecule has 0 aliphatic carbocycles. The molecule has 0 saturated carbocycles. The summed E-state index contributed by atoms with van der Waals surface area (Å²) in [6.45, 7) is 2.26. The lowest BCUT2D eigenvalue weighted by Gasteiger charge is -2.19. The summed E-state index contributed by atoms with van der Waals surface area (Å²) in [5.74, 6) is 0.908. The zero-order chi connectivity index (χ0) is 29.1. The van der Waals surface area contributed by atoms with Crippen LogP contribution < -0.4 is 14.8 Å². The Labute approximate surface area is 249 Å². The first-order valence-electron chi connectivity index (χ1n) is 13.7. The number of carbonyl (C=O) groups is 2. The molecule has 208 valence electrons. The minimum atomic E-state index is -0.448. The highest BCUT2D eigenvalue weighted by atomic mass is 35.5. The molecule has 0 bridgehead atoms. The van der Waals surface area contributed by atoms with E-state index in [-0.39, 0.29) is 12.7 Å². The van der Waals surface area contributed by atoms with Gasteiger partial charge in [0, 0.05) is 16.3 Å². The van der Waals surface area contributed by atoms with Crippen molar-refractivity contribution in [3.05, 3.63) is 136 Å². The molecule has 0 fully saturated rings. The molecule has 0 radical (unpaired) electrons. The summed E-state index contributed by atoms with van der Waals surface area (Å²) in [7, 11) is 0. The Morgan fingerprint density at radius 1 is 0.810 bits per heavy atom. The van der Waals surface area contributed by atoms with Gasteiger partial charge in [-0.05, 0) is 88.7 Å². The van der Waals surface area contributed by atoms with Gasteiger partial charge < -0.3 is 14.8 Å². The van der Waals surface area contributed by atoms with Crippen LogP contribution in [0.15, 0.2) is 109 Å². The summed E-state index contributed by atoms with van der Waals surface area (Å²) in [4.78, 5) is 24.9. The van der Waals surface area contributed by atoms with Crippen LogP contribution in [-0.4, -0.2) is 19.0 Å². The van der Waals surface area contributed by atoms with E-state index in [4.69, 9.17) is 21.1 Å². The van der Waals surface area contributed by atoms with Crippen molar-refractivity contribution < 1.29 is 19.1 Å². The summed E-state index contributed by atoms with van der Waals surface area (Å²) < 4.78 is 11.0. The molecule has 6 rings (SSSR count). The van der Waals surface area contributed by atoms with Crippen LogP contribution in [-0.2, 0) is 11.2 Å². The van der Waals surface area contributed by atoms with Crippen LogP contribution in [0.3, 0.4) is 0 Å². The van der Waals surface area contributed by atoms with E-state index >= 15 is 0 Å². The number of hydrogen-bond donors (Lipinski definition) is 1. The van der Waals surface area contributed by atoms with Gasteiger partial charge in [0.1, 0.15) is 6.29 Å². The highest BCUT2D eigenvalue weighted by Crippen LogP contribution is 2.36. The molecule has 5 nitrogen and oxygen atoms in total. The van der Waals surface area contributed by atoms with Crippen molar-refractivity contribution in [3.8, 4) is 33.8 Å². The number of hydrogen-bond acceptors (Lipinski definition) is 4. The number of benzene rings is 5. The van der Waals surface area contributed by atoms with Crippen LogP contribution in [0.2, 0.25) is 5.02 Å². The zero-order valence-electron chi connectivity index (χ0n) is 23.0. The van der Waals surface area contributed by atoms with Crippen molar-refractivity contribution in [1.29, 1.82) is 0 Å². The second-order valence-corrected chi connectivity index (χ2v) is 10.8. The summed E-state index contributed by atoms with van der Waals surface area (Å²) in [5, 5.41) is 3.82. The number of carbonyl (C=O) groups excluding carboxylic acids is 2. The number of aryl methyl sites for hydroxylation is 1. The van der Waals surface area contributed by atoms with Crippen LogP contribution in [0.4, 0.5) is 5.69 Å². The molecule has 5 aromatic carbocycles. The van der Waals surface area contributed by atoms with Gasteiger partial charge >= 0.3 is 0 Å². The zero-order valence-corrected chi connectivity index (χ0v) is 23.7. The van der Waals surface area contributed by atoms with Crippen molar-refractivity contribution in [1.82, 2.24) is 0 Å². The van der Waals surface area contributed by atoms with Gasteiger partial charge in [-0.25, -0.2) is 0 Å². The van der Waals surface area contributed by atoms with Crippen LogP contribution >= 0.6 is 11.6 Å². The van der Waals surface area contributed by atoms with Crippen molar-refractivity contribution in [3.63, 3.8) is 0 Å². The average Bonchev–Trinajstić information content (AvgIpc) is 3.49. The molecule has 0 saturated heterocycles. The first kappa shape index (κ1) is 27.3. The Morgan fingerprint density at radius 2 is 1.50 bits per heavy atom. The van der Waals surface area contributed by atoms with Gasteiger partial charge in [0.2, 0.25) is 12.7 Å². The number of fused-ring (bicyclic) bond motifs is 1. The van der Waals surface area contributed by atoms with Gasteiger partial charge in [0.05, 0.1) is 5.92 Å². The number of nitrogens with one attached hydrogen (secondary N) is 1. The molecule has 1 amide bonds. The first-order chi connectivity index (χ1) is 20.5. The van der Waals surface area contributed by atoms with Crippen LogP contribution in [0.5, 0.6) is 11.5 Å². The number of amides is 1. The van der Waals surface area contributed by atoms with Crippen molar-refractivity contribution >= 4 is 29.5 Å². The van der Waals surface area contributed by atoms with E-state index in [0.29, 0.717) is 22.7 Å². The van der Waals surface area contributed by atoms with Gasteiger partial charge in [-0.2, -0.15) is 0 Å². The molecule has 0 spiro atoms. The fourth-order valence-electron chi connectivity index (χ4n) is 5.23. The lowest BCUT2D eigenvalue weighted by atomic mass is 9.89. The summed E-state index contributed by atoms with van der Waals surface area (Å²) in [5.41, 5.74) is 8.43. The minimum Gasteiger partial charge on any atom is -0.454 e. The smallest absolute Gasteiger partial charge is 0.232 e. The van der Waals surface area contributed by atoms with E-state index in [1.807, 2.05) is 104 Å². The lowest BCUT2D eigenvalue weighted by Crippen LogP contribution is -2.23. The fourth-order valence-corrected chi connectivity index (χ4v) is 5.45. The van der Waals surface area contributed by atoms with Crippen molar-refractivity contribution in [2.75, 3.05) is 12.1 Å². The third-order valence-electron chi connectivity index (χ3n) is 7.54. The third-order valence-corrected chi connectivity index (χ3v) is 7.78. The van der Waals surface area contributed by atoms with E-state index < -0.39 is 5.92 Å². The Bertz CT molecular complexity index is 1750. The molecular formula is C36H28ClNO4. The van der Waals surface area contributed by atoms with E-state index in [9.17, 15) is 9.59 Å². The van der Waals surface area contributed by atoms with E-state index in [2.05, 4.69) is 5.32 Å². The molecule has 5 aromatic rings. The summed E-state index contributed by atoms with van der Waals surface area (Å²) in [6.07, 6.45) is 1.30. The highest BCUT2D eigenvalue weighted by Gasteiger charge is 2.22. The van der Waals surface area contributed by atoms with Gasteiger partial charge in [-0.1, -0.05) is 84.4 Å². The molecule has 1 N–H and O–H groups in total. The number of anilines is 1. The quantitative estimate of drug-likeness (QED) is 0.189. The topological polar surface area (TPSA) is 64.6 Å². The van der Waals surface area contributed by atoms with E-state index in [1.165, 1.54) is 0 Å². The highest BCUT2D eigenvalue weighted by molar-refractivity contribution is 6.30. The van der Waals surface area contributed by atoms with Gasteiger partial charge in [-0.3, -0.25) is 9.59 Å². The fraction of sp³-hybridized carbons (Fsp3) is 0.111. The second kappa shape index (κ2) is 11.9. The van der Waals surface area contributed by atoms with Crippen molar-refractivity contribution in [2.45, 2.75) is 19.3 Å². The predicted octanol–water partition coefficient (Wildman–Crippen LogP) is 8.49. The first-order valence-corrected chi connectivity index (χ1v) is 14.1. The maximum absolute atomic E-state index is 13.8. The monoisotopic (exact) mass is 573 g/mol. The number of halogens is 1. The normalized spacial score (nSPS) is 12.5. The molecular weight excluding hydrogens is 546 g/mol. The van der Waals surface area contributed by atoms with E-state index in [1.54, 1.807) is 12.1 Å².